The number of aliphatic hydroxyl groups excluding tert-OH is 8. The van der Waals surface area contributed by atoms with Crippen molar-refractivity contribution >= 4 is 5.78 Å². The predicted octanol–water partition coefficient (Wildman–Crippen LogP) is -0.503. The summed E-state index contributed by atoms with van der Waals surface area (Å²) in [4.78, 5) is 14.2. The molecule has 6 aliphatic rings. The maximum absolute atomic E-state index is 14.2. The SMILES string of the molecule is CC(C)CC[C@@H](O)[C@](C)(O)[C@H]1CC[C@@]2(O)[C@@H]3CC(=O)[C@H]4C[C@@H](O[C@@H]5O[C@H](CO)[C@@H](O[C@@H]6O[C@H](CO)[C@@H](O)[C@H](O)[C@H]6O)[C@H](O)[C@H]5O)CC[C@]4(C)[C@H]3CC[C@]12C. The van der Waals surface area contributed by atoms with Gasteiger partial charge in [0.05, 0.1) is 36.6 Å². The van der Waals surface area contributed by atoms with Gasteiger partial charge in [0.1, 0.15) is 54.6 Å². The van der Waals surface area contributed by atoms with Crippen LogP contribution in [-0.4, -0.2) is 155 Å². The summed E-state index contributed by atoms with van der Waals surface area (Å²) in [7, 11) is 0. The van der Waals surface area contributed by atoms with Crippen LogP contribution in [0.5, 0.6) is 0 Å². The van der Waals surface area contributed by atoms with Gasteiger partial charge in [-0.15, -0.1) is 0 Å². The van der Waals surface area contributed by atoms with Crippen LogP contribution in [0.2, 0.25) is 0 Å². The second-order valence-corrected chi connectivity index (χ2v) is 18.7. The molecule has 20 atom stereocenters. The molecule has 0 spiro atoms. The normalized spacial score (nSPS) is 51.3. The van der Waals surface area contributed by atoms with Gasteiger partial charge in [-0.1, -0.05) is 27.7 Å². The van der Waals surface area contributed by atoms with Crippen molar-refractivity contribution < 1.29 is 74.8 Å². The third-order valence-electron chi connectivity index (χ3n) is 15.3. The molecule has 15 heteroatoms. The molecule has 0 amide bonds. The Balaban J connectivity index is 1.11. The topological polar surface area (TPSA) is 256 Å². The molecule has 0 aromatic heterocycles. The lowest BCUT2D eigenvalue weighted by Gasteiger charge is -2.63. The van der Waals surface area contributed by atoms with Crippen LogP contribution in [0.15, 0.2) is 0 Å². The molecule has 10 N–H and O–H groups in total. The number of carbonyl (C=O) groups is 1. The molecular formula is C39H66O15. The highest BCUT2D eigenvalue weighted by molar-refractivity contribution is 5.83. The Morgan fingerprint density at radius 3 is 2.09 bits per heavy atom. The van der Waals surface area contributed by atoms with Gasteiger partial charge in [-0.05, 0) is 93.8 Å². The maximum Gasteiger partial charge on any atom is 0.187 e. The van der Waals surface area contributed by atoms with Crippen molar-refractivity contribution in [1.82, 2.24) is 0 Å². The van der Waals surface area contributed by atoms with Crippen molar-refractivity contribution in [3.8, 4) is 0 Å². The van der Waals surface area contributed by atoms with Crippen LogP contribution in [0.1, 0.15) is 98.8 Å². The smallest absolute Gasteiger partial charge is 0.187 e. The third kappa shape index (κ3) is 7.03. The Morgan fingerprint density at radius 2 is 1.44 bits per heavy atom. The zero-order chi connectivity index (χ0) is 39.7. The Bertz CT molecular complexity index is 1310. The van der Waals surface area contributed by atoms with Gasteiger partial charge in [0.2, 0.25) is 0 Å². The van der Waals surface area contributed by atoms with Gasteiger partial charge in [0.15, 0.2) is 12.6 Å². The van der Waals surface area contributed by atoms with Crippen molar-refractivity contribution in [2.75, 3.05) is 13.2 Å². The molecule has 4 saturated carbocycles. The highest BCUT2D eigenvalue weighted by Crippen LogP contribution is 2.70. The summed E-state index contributed by atoms with van der Waals surface area (Å²) >= 11 is 0. The fraction of sp³-hybridized carbons (Fsp3) is 0.974. The molecule has 2 aliphatic heterocycles. The molecule has 6 rings (SSSR count). The van der Waals surface area contributed by atoms with E-state index in [9.17, 15) is 55.9 Å². The van der Waals surface area contributed by atoms with Gasteiger partial charge in [-0.2, -0.15) is 0 Å². The number of ether oxygens (including phenoxy) is 4. The monoisotopic (exact) mass is 774 g/mol. The predicted molar refractivity (Wildman–Crippen MR) is 189 cm³/mol. The van der Waals surface area contributed by atoms with Crippen LogP contribution in [0, 0.1) is 40.4 Å². The van der Waals surface area contributed by atoms with E-state index in [1.54, 1.807) is 6.92 Å². The molecule has 0 unspecified atom stereocenters. The van der Waals surface area contributed by atoms with Gasteiger partial charge in [-0.25, -0.2) is 0 Å². The van der Waals surface area contributed by atoms with Gasteiger partial charge in [0.25, 0.3) is 0 Å². The van der Waals surface area contributed by atoms with Crippen molar-refractivity contribution in [3.05, 3.63) is 0 Å². The van der Waals surface area contributed by atoms with E-state index in [0.717, 1.165) is 12.8 Å². The first-order chi connectivity index (χ1) is 25.2. The fourth-order valence-corrected chi connectivity index (χ4v) is 11.9. The number of fused-ring (bicyclic) bond motifs is 5. The number of Topliss-reactive ketones (excluding diaryl/α,β-unsaturated/α-hetero) is 1. The van der Waals surface area contributed by atoms with Crippen LogP contribution in [0.4, 0.5) is 0 Å². The van der Waals surface area contributed by atoms with Gasteiger partial charge >= 0.3 is 0 Å². The quantitative estimate of drug-likeness (QED) is 0.119. The fourth-order valence-electron chi connectivity index (χ4n) is 11.9. The molecule has 0 aromatic carbocycles. The number of rotatable bonds is 11. The average molecular weight is 775 g/mol. The molecular weight excluding hydrogens is 708 g/mol. The number of hydrogen-bond donors (Lipinski definition) is 10. The van der Waals surface area contributed by atoms with Crippen molar-refractivity contribution in [2.24, 2.45) is 40.4 Å². The summed E-state index contributed by atoms with van der Waals surface area (Å²) in [5.74, 6) is -0.542. The second-order valence-electron chi connectivity index (χ2n) is 18.7. The summed E-state index contributed by atoms with van der Waals surface area (Å²) in [5, 5.41) is 108. The number of ketones is 1. The van der Waals surface area contributed by atoms with E-state index in [-0.39, 0.29) is 35.9 Å². The number of carbonyl (C=O) groups excluding carboxylic acids is 1. The Hall–Kier alpha value is -0.890. The van der Waals surface area contributed by atoms with Crippen LogP contribution >= 0.6 is 0 Å². The first-order valence-corrected chi connectivity index (χ1v) is 20.1. The Labute approximate surface area is 317 Å². The maximum atomic E-state index is 14.2. The minimum atomic E-state index is -1.78. The highest BCUT2D eigenvalue weighted by atomic mass is 16.7. The number of aliphatic hydroxyl groups is 10. The molecule has 0 aromatic rings. The number of hydrogen-bond acceptors (Lipinski definition) is 15. The standard InChI is InChI=1S/C39H66O15/c1-18(2)6-7-27(43)38(5,49)26-10-13-39(50)21-15-23(42)22-14-19(8-11-36(22,3)20(21)9-12-37(26,39)4)51-34-32(48)30(46)33(25(17-41)53-34)54-35-31(47)29(45)28(44)24(16-40)52-35/h18-22,24-35,40-41,43-50H,6-17H2,1-5H3/t19-,20-,21+,22+,24+,25+,26-,27+,28+,29-,30+,31+,32+,33+,34+,35-,36+,37+,38+,39+/m0/s1. The molecule has 312 valence electrons. The summed E-state index contributed by atoms with van der Waals surface area (Å²) in [6.45, 7) is 8.66. The summed E-state index contributed by atoms with van der Waals surface area (Å²) < 4.78 is 23.2. The molecule has 0 bridgehead atoms. The zero-order valence-electron chi connectivity index (χ0n) is 32.3. The minimum Gasteiger partial charge on any atom is -0.394 e. The van der Waals surface area contributed by atoms with Crippen molar-refractivity contribution in [2.45, 2.75) is 184 Å². The van der Waals surface area contributed by atoms with E-state index in [1.807, 2.05) is 6.92 Å². The van der Waals surface area contributed by atoms with E-state index in [2.05, 4.69) is 20.8 Å². The van der Waals surface area contributed by atoms with E-state index in [1.165, 1.54) is 0 Å². The van der Waals surface area contributed by atoms with E-state index in [0.29, 0.717) is 50.9 Å². The minimum absolute atomic E-state index is 0.0308. The first-order valence-electron chi connectivity index (χ1n) is 20.1. The Morgan fingerprint density at radius 1 is 0.815 bits per heavy atom. The van der Waals surface area contributed by atoms with Crippen molar-refractivity contribution in [3.63, 3.8) is 0 Å². The lowest BCUT2D eigenvalue weighted by molar-refractivity contribution is -0.364. The summed E-state index contributed by atoms with van der Waals surface area (Å²) in [6, 6.07) is 0. The largest absolute Gasteiger partial charge is 0.394 e. The average Bonchev–Trinajstić information content (AvgIpc) is 3.42. The molecule has 2 saturated heterocycles. The van der Waals surface area contributed by atoms with Crippen LogP contribution in [-0.2, 0) is 23.7 Å². The highest BCUT2D eigenvalue weighted by Gasteiger charge is 2.71. The summed E-state index contributed by atoms with van der Waals surface area (Å²) in [6.07, 6.45) is -11.7. The molecule has 15 nitrogen and oxygen atoms in total. The Kier molecular flexibility index (Phi) is 12.4. The molecule has 2 heterocycles. The van der Waals surface area contributed by atoms with E-state index >= 15 is 0 Å². The summed E-state index contributed by atoms with van der Waals surface area (Å²) in [5.41, 5.74) is -3.67. The first kappa shape index (κ1) is 42.7. The lowest BCUT2D eigenvalue weighted by atomic mass is 9.42. The van der Waals surface area contributed by atoms with Gasteiger partial charge in [0, 0.05) is 17.8 Å². The second kappa shape index (κ2) is 15.7. The van der Waals surface area contributed by atoms with Gasteiger partial charge in [-0.3, -0.25) is 4.79 Å². The zero-order valence-corrected chi connectivity index (χ0v) is 32.3. The van der Waals surface area contributed by atoms with Crippen LogP contribution in [0.25, 0.3) is 0 Å². The molecule has 4 aliphatic carbocycles. The lowest BCUT2D eigenvalue weighted by Crippen LogP contribution is -2.66. The van der Waals surface area contributed by atoms with Crippen LogP contribution in [0.3, 0.4) is 0 Å². The molecule has 6 fully saturated rings. The van der Waals surface area contributed by atoms with E-state index < -0.39 is 109 Å². The van der Waals surface area contributed by atoms with Gasteiger partial charge < -0.3 is 70.0 Å². The molecule has 0 radical (unpaired) electrons. The van der Waals surface area contributed by atoms with E-state index in [4.69, 9.17) is 18.9 Å². The van der Waals surface area contributed by atoms with Crippen molar-refractivity contribution in [1.29, 1.82) is 0 Å². The molecule has 54 heavy (non-hydrogen) atoms. The third-order valence-corrected chi connectivity index (χ3v) is 15.3. The van der Waals surface area contributed by atoms with Crippen LogP contribution < -0.4 is 0 Å².